The van der Waals surface area contributed by atoms with E-state index in [0.29, 0.717) is 28.4 Å². The van der Waals surface area contributed by atoms with Crippen LogP contribution in [0.2, 0.25) is 23.2 Å². The average molecular weight is 669 g/mol. The zero-order valence-electron chi connectivity index (χ0n) is 27.8. The van der Waals surface area contributed by atoms with E-state index in [9.17, 15) is 24.6 Å². The van der Waals surface area contributed by atoms with Gasteiger partial charge in [0.25, 0.3) is 0 Å². The summed E-state index contributed by atoms with van der Waals surface area (Å²) in [5.74, 6) is -2.43. The first kappa shape index (κ1) is 36.6. The number of hydrogen-bond donors (Lipinski definition) is 3. The molecule has 3 aromatic rings. The van der Waals surface area contributed by atoms with Gasteiger partial charge in [0.05, 0.1) is 23.8 Å². The van der Waals surface area contributed by atoms with E-state index in [4.69, 9.17) is 20.8 Å². The molecule has 3 N–H and O–H groups in total. The number of hydrogen-bond acceptors (Lipinski definition) is 6. The molecule has 0 radical (unpaired) electrons. The summed E-state index contributed by atoms with van der Waals surface area (Å²) in [7, 11) is -2.27. The van der Waals surface area contributed by atoms with Gasteiger partial charge in [-0.1, -0.05) is 62.7 Å². The Morgan fingerprint density at radius 3 is 2.17 bits per heavy atom. The Morgan fingerprint density at radius 2 is 1.59 bits per heavy atom. The first-order chi connectivity index (χ1) is 21.3. The van der Waals surface area contributed by atoms with Gasteiger partial charge in [0.1, 0.15) is 5.60 Å². The first-order valence-electron chi connectivity index (χ1n) is 15.1. The number of nitrogens with zero attached hydrogens (tertiary/aromatic N) is 1. The van der Waals surface area contributed by atoms with Crippen molar-refractivity contribution in [3.8, 4) is 11.1 Å². The van der Waals surface area contributed by atoms with Crippen LogP contribution in [-0.2, 0) is 9.16 Å². The standard InChI is InChI=1S/C35H45ClN2O7Si/c1-34(2,3)44-33(43)38(22-30(24-12-9-13-26(36)19-24)45-46(7,8)35(4,5)6)18-17-37-27-14-10-11-23(20-27)28-16-15-25(31(39)40)21-29(28)32(41)42/h9-16,19-21,30,37H,17-18,22H2,1-8H3,(H,39,40)(H,41,42)/t30-/m0/s1. The molecule has 0 saturated carbocycles. The number of nitrogens with one attached hydrogen (secondary N) is 1. The van der Waals surface area contributed by atoms with E-state index in [1.807, 2.05) is 45.0 Å². The summed E-state index contributed by atoms with van der Waals surface area (Å²) in [5.41, 5.74) is 1.64. The minimum atomic E-state index is -2.27. The van der Waals surface area contributed by atoms with Gasteiger partial charge in [-0.05, 0) is 92.0 Å². The van der Waals surface area contributed by atoms with Gasteiger partial charge in [-0.2, -0.15) is 0 Å². The van der Waals surface area contributed by atoms with Crippen molar-refractivity contribution in [3.05, 3.63) is 88.4 Å². The number of carbonyl (C=O) groups excluding carboxylic acids is 1. The van der Waals surface area contributed by atoms with Crippen molar-refractivity contribution in [2.75, 3.05) is 25.0 Å². The quantitative estimate of drug-likeness (QED) is 0.164. The molecular weight excluding hydrogens is 624 g/mol. The van der Waals surface area contributed by atoms with Gasteiger partial charge in [0, 0.05) is 23.8 Å². The lowest BCUT2D eigenvalue weighted by atomic mass is 9.97. The van der Waals surface area contributed by atoms with Gasteiger partial charge >= 0.3 is 18.0 Å². The van der Waals surface area contributed by atoms with Crippen molar-refractivity contribution in [1.82, 2.24) is 4.90 Å². The number of carboxylic acid groups (broad SMARTS) is 2. The van der Waals surface area contributed by atoms with Gasteiger partial charge in [0.15, 0.2) is 8.32 Å². The molecule has 0 aliphatic heterocycles. The van der Waals surface area contributed by atoms with Crippen molar-refractivity contribution in [1.29, 1.82) is 0 Å². The van der Waals surface area contributed by atoms with E-state index in [2.05, 4.69) is 39.2 Å². The third kappa shape index (κ3) is 10.1. The van der Waals surface area contributed by atoms with Crippen LogP contribution in [0.3, 0.4) is 0 Å². The van der Waals surface area contributed by atoms with Crippen molar-refractivity contribution < 1.29 is 33.8 Å². The van der Waals surface area contributed by atoms with Crippen LogP contribution >= 0.6 is 11.6 Å². The number of ether oxygens (including phenoxy) is 1. The summed E-state index contributed by atoms with van der Waals surface area (Å²) >= 11 is 6.38. The number of carboxylic acids is 2. The van der Waals surface area contributed by atoms with E-state index in [1.54, 1.807) is 29.2 Å². The minimum Gasteiger partial charge on any atom is -0.478 e. The molecule has 3 aromatic carbocycles. The Balaban J connectivity index is 1.88. The lowest BCUT2D eigenvalue weighted by Crippen LogP contribution is -2.46. The molecule has 0 unspecified atom stereocenters. The normalized spacial score (nSPS) is 12.7. The van der Waals surface area contributed by atoms with Gasteiger partial charge in [-0.3, -0.25) is 0 Å². The maximum Gasteiger partial charge on any atom is 0.410 e. The summed E-state index contributed by atoms with van der Waals surface area (Å²) in [4.78, 5) is 38.5. The third-order valence-electron chi connectivity index (χ3n) is 7.88. The molecule has 0 aromatic heterocycles. The molecule has 3 rings (SSSR count). The molecule has 1 atom stereocenters. The Kier molecular flexibility index (Phi) is 11.7. The molecule has 0 aliphatic rings. The molecule has 46 heavy (non-hydrogen) atoms. The number of benzene rings is 3. The fourth-order valence-electron chi connectivity index (χ4n) is 4.47. The number of amides is 1. The van der Waals surface area contributed by atoms with Crippen LogP contribution in [-0.4, -0.2) is 66.7 Å². The summed E-state index contributed by atoms with van der Waals surface area (Å²) in [6, 6.07) is 18.7. The molecule has 1 amide bonds. The smallest absolute Gasteiger partial charge is 0.410 e. The predicted octanol–water partition coefficient (Wildman–Crippen LogP) is 8.82. The van der Waals surface area contributed by atoms with Crippen molar-refractivity contribution in [2.24, 2.45) is 0 Å². The Labute approximate surface area is 277 Å². The molecule has 248 valence electrons. The van der Waals surface area contributed by atoms with Crippen LogP contribution < -0.4 is 5.32 Å². The molecule has 0 spiro atoms. The third-order valence-corrected chi connectivity index (χ3v) is 12.6. The van der Waals surface area contributed by atoms with Crippen molar-refractivity contribution >= 4 is 43.6 Å². The molecule has 0 aliphatic carbocycles. The first-order valence-corrected chi connectivity index (χ1v) is 18.4. The predicted molar refractivity (Wildman–Crippen MR) is 185 cm³/mol. The number of aromatic carboxylic acids is 2. The second-order valence-electron chi connectivity index (χ2n) is 13.7. The monoisotopic (exact) mass is 668 g/mol. The van der Waals surface area contributed by atoms with Gasteiger partial charge in [0.2, 0.25) is 0 Å². The number of halogens is 1. The number of carbonyl (C=O) groups is 3. The Bertz CT molecular complexity index is 1560. The van der Waals surface area contributed by atoms with E-state index < -0.39 is 38.1 Å². The fraction of sp³-hybridized carbons (Fsp3) is 0.400. The SMILES string of the molecule is CC(C)(C)OC(=O)N(CCNc1cccc(-c2ccc(C(=O)O)cc2C(=O)O)c1)C[C@H](O[Si](C)(C)C(C)(C)C)c1cccc(Cl)c1. The lowest BCUT2D eigenvalue weighted by Gasteiger charge is -2.40. The van der Waals surface area contributed by atoms with Crippen LogP contribution in [0, 0.1) is 0 Å². The molecule has 0 bridgehead atoms. The van der Waals surface area contributed by atoms with Gasteiger partial charge in [-0.15, -0.1) is 0 Å². The molecule has 9 nitrogen and oxygen atoms in total. The van der Waals surface area contributed by atoms with Crippen molar-refractivity contribution in [3.63, 3.8) is 0 Å². The largest absolute Gasteiger partial charge is 0.478 e. The van der Waals surface area contributed by atoms with Crippen LogP contribution in [0.4, 0.5) is 10.5 Å². The Morgan fingerprint density at radius 1 is 0.913 bits per heavy atom. The maximum atomic E-state index is 13.5. The Hall–Kier alpha value is -3.86. The van der Waals surface area contributed by atoms with Gasteiger partial charge < -0.3 is 29.6 Å². The van der Waals surface area contributed by atoms with Crippen molar-refractivity contribution in [2.45, 2.75) is 71.4 Å². The number of rotatable bonds is 12. The highest BCUT2D eigenvalue weighted by molar-refractivity contribution is 6.74. The molecule has 0 fully saturated rings. The van der Waals surface area contributed by atoms with Crippen LogP contribution in [0.1, 0.15) is 73.9 Å². The molecule has 0 saturated heterocycles. The average Bonchev–Trinajstić information content (AvgIpc) is 2.94. The molecule has 0 heterocycles. The minimum absolute atomic E-state index is 0.0679. The highest BCUT2D eigenvalue weighted by atomic mass is 35.5. The molecule has 11 heteroatoms. The summed E-state index contributed by atoms with van der Waals surface area (Å²) in [6.45, 7) is 17.2. The highest BCUT2D eigenvalue weighted by Gasteiger charge is 2.40. The highest BCUT2D eigenvalue weighted by Crippen LogP contribution is 2.40. The van der Waals surface area contributed by atoms with E-state index in [0.717, 1.165) is 11.6 Å². The maximum absolute atomic E-state index is 13.5. The summed E-state index contributed by atoms with van der Waals surface area (Å²) in [6.07, 6.45) is -0.919. The lowest BCUT2D eigenvalue weighted by molar-refractivity contribution is 0.0165. The topological polar surface area (TPSA) is 125 Å². The van der Waals surface area contributed by atoms with Crippen LogP contribution in [0.5, 0.6) is 0 Å². The zero-order valence-corrected chi connectivity index (χ0v) is 29.6. The summed E-state index contributed by atoms with van der Waals surface area (Å²) < 4.78 is 12.7. The van der Waals surface area contributed by atoms with Crippen LogP contribution in [0.15, 0.2) is 66.7 Å². The second-order valence-corrected chi connectivity index (χ2v) is 18.9. The van der Waals surface area contributed by atoms with E-state index in [1.165, 1.54) is 12.1 Å². The molecular formula is C35H45ClN2O7Si. The van der Waals surface area contributed by atoms with E-state index in [-0.39, 0.29) is 29.3 Å². The van der Waals surface area contributed by atoms with Gasteiger partial charge in [-0.25, -0.2) is 14.4 Å². The summed E-state index contributed by atoms with van der Waals surface area (Å²) in [5, 5.41) is 22.9. The fourth-order valence-corrected chi connectivity index (χ4v) is 5.95. The van der Waals surface area contributed by atoms with E-state index >= 15 is 0 Å². The second kappa shape index (κ2) is 14.7. The number of anilines is 1. The zero-order chi connectivity index (χ0) is 34.4. The van der Waals surface area contributed by atoms with Crippen LogP contribution in [0.25, 0.3) is 11.1 Å².